The van der Waals surface area contributed by atoms with Crippen LogP contribution in [0.25, 0.3) is 11.1 Å². The van der Waals surface area contributed by atoms with E-state index in [2.05, 4.69) is 0 Å². The molecule has 0 saturated heterocycles. The number of phenolic OH excluding ortho intramolecular Hbond substituents is 2. The molecule has 2 aromatic rings. The molecule has 0 spiro atoms. The summed E-state index contributed by atoms with van der Waals surface area (Å²) in [7, 11) is 0. The van der Waals surface area contributed by atoms with E-state index in [1.54, 1.807) is 13.0 Å². The minimum Gasteiger partial charge on any atom is -0.504 e. The van der Waals surface area contributed by atoms with Crippen LogP contribution in [0.2, 0.25) is 0 Å². The van der Waals surface area contributed by atoms with Gasteiger partial charge in [-0.2, -0.15) is 0 Å². The maximum absolute atomic E-state index is 9.87. The highest BCUT2D eigenvalue weighted by Gasteiger charge is 2.10. The number of benzene rings is 2. The number of phenols is 2. The lowest BCUT2D eigenvalue weighted by Gasteiger charge is -2.09. The molecule has 16 heavy (non-hydrogen) atoms. The largest absolute Gasteiger partial charge is 0.504 e. The summed E-state index contributed by atoms with van der Waals surface area (Å²) < 4.78 is 0. The molecule has 0 atom stereocenters. The van der Waals surface area contributed by atoms with Crippen LogP contribution in [-0.4, -0.2) is 10.2 Å². The highest BCUT2D eigenvalue weighted by Crippen LogP contribution is 2.38. The van der Waals surface area contributed by atoms with Crippen molar-refractivity contribution in [3.05, 3.63) is 47.5 Å². The summed E-state index contributed by atoms with van der Waals surface area (Å²) in [5, 5.41) is 19.5. The standard InChI is InChI=1S/C14H14O2/c1-9-4-3-5-11(8-9)12-7-6-10(2)13(15)14(12)16/h3-8,15-16H,1-2H3. The Labute approximate surface area is 94.8 Å². The van der Waals surface area contributed by atoms with E-state index in [0.717, 1.165) is 11.1 Å². The third-order valence-electron chi connectivity index (χ3n) is 2.68. The number of hydrogen-bond donors (Lipinski definition) is 2. The second-order valence-electron chi connectivity index (χ2n) is 4.00. The first kappa shape index (κ1) is 10.6. The summed E-state index contributed by atoms with van der Waals surface area (Å²) in [4.78, 5) is 0. The lowest BCUT2D eigenvalue weighted by molar-refractivity contribution is 0.402. The van der Waals surface area contributed by atoms with E-state index in [4.69, 9.17) is 0 Å². The topological polar surface area (TPSA) is 40.5 Å². The van der Waals surface area contributed by atoms with Crippen molar-refractivity contribution in [3.63, 3.8) is 0 Å². The SMILES string of the molecule is Cc1cccc(-c2ccc(C)c(O)c2O)c1. The smallest absolute Gasteiger partial charge is 0.165 e. The van der Waals surface area contributed by atoms with Crippen molar-refractivity contribution in [2.45, 2.75) is 13.8 Å². The van der Waals surface area contributed by atoms with Crippen LogP contribution >= 0.6 is 0 Å². The molecule has 0 heterocycles. The van der Waals surface area contributed by atoms with Crippen molar-refractivity contribution in [2.75, 3.05) is 0 Å². The minimum atomic E-state index is -0.0504. The van der Waals surface area contributed by atoms with Gasteiger partial charge in [-0.1, -0.05) is 42.0 Å². The molecule has 0 bridgehead atoms. The zero-order valence-corrected chi connectivity index (χ0v) is 9.36. The molecule has 2 rings (SSSR count). The summed E-state index contributed by atoms with van der Waals surface area (Å²) in [6.45, 7) is 3.75. The molecule has 0 aliphatic carbocycles. The van der Waals surface area contributed by atoms with Gasteiger partial charge >= 0.3 is 0 Å². The molecule has 82 valence electrons. The van der Waals surface area contributed by atoms with Gasteiger partial charge < -0.3 is 10.2 Å². The highest BCUT2D eigenvalue weighted by atomic mass is 16.3. The van der Waals surface area contributed by atoms with E-state index in [1.165, 1.54) is 0 Å². The van der Waals surface area contributed by atoms with E-state index in [9.17, 15) is 10.2 Å². The number of hydrogen-bond acceptors (Lipinski definition) is 2. The summed E-state index contributed by atoms with van der Waals surface area (Å²) in [6, 6.07) is 11.4. The lowest BCUT2D eigenvalue weighted by atomic mass is 10.0. The van der Waals surface area contributed by atoms with E-state index in [-0.39, 0.29) is 11.5 Å². The van der Waals surface area contributed by atoms with Crippen LogP contribution < -0.4 is 0 Å². The molecular weight excluding hydrogens is 200 g/mol. The maximum atomic E-state index is 9.87. The van der Waals surface area contributed by atoms with E-state index in [1.807, 2.05) is 37.3 Å². The summed E-state index contributed by atoms with van der Waals surface area (Å²) in [6.07, 6.45) is 0. The van der Waals surface area contributed by atoms with Crippen LogP contribution in [0.15, 0.2) is 36.4 Å². The number of aromatic hydroxyl groups is 2. The van der Waals surface area contributed by atoms with Crippen molar-refractivity contribution in [3.8, 4) is 22.6 Å². The van der Waals surface area contributed by atoms with Gasteiger partial charge in [0.1, 0.15) is 0 Å². The molecule has 0 unspecified atom stereocenters. The Morgan fingerprint density at radius 2 is 1.62 bits per heavy atom. The molecule has 0 aliphatic heterocycles. The van der Waals surface area contributed by atoms with E-state index in [0.29, 0.717) is 11.1 Å². The molecular formula is C14H14O2. The van der Waals surface area contributed by atoms with Crippen molar-refractivity contribution < 1.29 is 10.2 Å². The molecule has 0 fully saturated rings. The average molecular weight is 214 g/mol. The van der Waals surface area contributed by atoms with Crippen molar-refractivity contribution >= 4 is 0 Å². The summed E-state index contributed by atoms with van der Waals surface area (Å²) in [5.74, 6) is -0.0930. The fraction of sp³-hybridized carbons (Fsp3) is 0.143. The van der Waals surface area contributed by atoms with E-state index < -0.39 is 0 Å². The fourth-order valence-electron chi connectivity index (χ4n) is 1.73. The highest BCUT2D eigenvalue weighted by molar-refractivity contribution is 5.74. The van der Waals surface area contributed by atoms with Gasteiger partial charge in [-0.3, -0.25) is 0 Å². The second kappa shape index (κ2) is 3.89. The van der Waals surface area contributed by atoms with Crippen molar-refractivity contribution in [2.24, 2.45) is 0 Å². The van der Waals surface area contributed by atoms with Gasteiger partial charge in [0.15, 0.2) is 11.5 Å². The third kappa shape index (κ3) is 1.74. The number of aryl methyl sites for hydroxylation is 2. The normalized spacial score (nSPS) is 10.4. The monoisotopic (exact) mass is 214 g/mol. The minimum absolute atomic E-state index is 0.0426. The van der Waals surface area contributed by atoms with Gasteiger partial charge in [0, 0.05) is 5.56 Å². The predicted molar refractivity (Wildman–Crippen MR) is 64.7 cm³/mol. The van der Waals surface area contributed by atoms with Crippen LogP contribution in [0.5, 0.6) is 11.5 Å². The number of rotatable bonds is 1. The van der Waals surface area contributed by atoms with Gasteiger partial charge in [-0.05, 0) is 25.0 Å². The first-order valence-corrected chi connectivity index (χ1v) is 5.18. The molecule has 0 radical (unpaired) electrons. The van der Waals surface area contributed by atoms with Crippen LogP contribution in [0.4, 0.5) is 0 Å². The Morgan fingerprint density at radius 1 is 0.875 bits per heavy atom. The zero-order chi connectivity index (χ0) is 11.7. The average Bonchev–Trinajstić information content (AvgIpc) is 2.26. The van der Waals surface area contributed by atoms with Gasteiger partial charge in [-0.15, -0.1) is 0 Å². The third-order valence-corrected chi connectivity index (χ3v) is 2.68. The van der Waals surface area contributed by atoms with Gasteiger partial charge in [0.2, 0.25) is 0 Å². The fourth-order valence-corrected chi connectivity index (χ4v) is 1.73. The van der Waals surface area contributed by atoms with Crippen LogP contribution in [0.1, 0.15) is 11.1 Å². The molecule has 0 saturated carbocycles. The quantitative estimate of drug-likeness (QED) is 0.714. The van der Waals surface area contributed by atoms with Gasteiger partial charge in [0.25, 0.3) is 0 Å². The van der Waals surface area contributed by atoms with Crippen molar-refractivity contribution in [1.29, 1.82) is 0 Å². The molecule has 2 nitrogen and oxygen atoms in total. The van der Waals surface area contributed by atoms with Crippen LogP contribution in [0.3, 0.4) is 0 Å². The maximum Gasteiger partial charge on any atom is 0.165 e. The second-order valence-corrected chi connectivity index (χ2v) is 4.00. The summed E-state index contributed by atoms with van der Waals surface area (Å²) >= 11 is 0. The molecule has 2 heteroatoms. The van der Waals surface area contributed by atoms with Gasteiger partial charge in [0.05, 0.1) is 0 Å². The summed E-state index contributed by atoms with van der Waals surface area (Å²) in [5.41, 5.74) is 3.37. The Hall–Kier alpha value is -1.96. The first-order valence-electron chi connectivity index (χ1n) is 5.18. The van der Waals surface area contributed by atoms with E-state index >= 15 is 0 Å². The molecule has 0 aliphatic rings. The molecule has 0 aromatic heterocycles. The Balaban J connectivity index is 2.61. The Kier molecular flexibility index (Phi) is 2.57. The molecule has 2 aromatic carbocycles. The van der Waals surface area contributed by atoms with Crippen LogP contribution in [0, 0.1) is 13.8 Å². The zero-order valence-electron chi connectivity index (χ0n) is 9.36. The molecule has 2 N–H and O–H groups in total. The Bertz CT molecular complexity index is 530. The van der Waals surface area contributed by atoms with Gasteiger partial charge in [-0.25, -0.2) is 0 Å². The first-order chi connectivity index (χ1) is 7.59. The lowest BCUT2D eigenvalue weighted by Crippen LogP contribution is -1.83. The van der Waals surface area contributed by atoms with Crippen LogP contribution in [-0.2, 0) is 0 Å². The Morgan fingerprint density at radius 3 is 2.31 bits per heavy atom. The van der Waals surface area contributed by atoms with Crippen molar-refractivity contribution in [1.82, 2.24) is 0 Å². The predicted octanol–water partition coefficient (Wildman–Crippen LogP) is 3.38. The molecule has 0 amide bonds.